The van der Waals surface area contributed by atoms with Crippen LogP contribution in [0.1, 0.15) is 54.1 Å². The average Bonchev–Trinajstić information content (AvgIpc) is 3.04. The third kappa shape index (κ3) is 6.52. The van der Waals surface area contributed by atoms with Crippen molar-refractivity contribution >= 4 is 21.8 Å². The molecular weight excluding hydrogens is 444 g/mol. The summed E-state index contributed by atoms with van der Waals surface area (Å²) in [6.45, 7) is 11.0. The number of sulfonamides is 1. The van der Waals surface area contributed by atoms with Crippen LogP contribution in [0.4, 0.5) is 0 Å². The number of ether oxygens (including phenoxy) is 2. The van der Waals surface area contributed by atoms with Crippen LogP contribution in [0.5, 0.6) is 0 Å². The van der Waals surface area contributed by atoms with Crippen LogP contribution in [-0.4, -0.2) is 51.1 Å². The number of aromatic nitrogens is 1. The Labute approximate surface area is 196 Å². The Bertz CT molecular complexity index is 1090. The van der Waals surface area contributed by atoms with E-state index in [0.717, 1.165) is 17.0 Å². The molecule has 0 aliphatic carbocycles. The molecule has 33 heavy (non-hydrogen) atoms. The van der Waals surface area contributed by atoms with Gasteiger partial charge in [-0.2, -0.15) is 4.72 Å². The highest BCUT2D eigenvalue weighted by Crippen LogP contribution is 2.21. The van der Waals surface area contributed by atoms with Crippen LogP contribution in [0.3, 0.4) is 0 Å². The van der Waals surface area contributed by atoms with Crippen LogP contribution in [0.15, 0.2) is 35.2 Å². The zero-order chi connectivity index (χ0) is 24.9. The first-order chi connectivity index (χ1) is 15.4. The number of esters is 1. The molecule has 2 rings (SSSR count). The molecule has 0 aliphatic heterocycles. The van der Waals surface area contributed by atoms with Crippen molar-refractivity contribution in [2.24, 2.45) is 5.92 Å². The van der Waals surface area contributed by atoms with E-state index in [1.807, 2.05) is 32.3 Å². The van der Waals surface area contributed by atoms with E-state index in [4.69, 9.17) is 9.47 Å². The van der Waals surface area contributed by atoms with Crippen molar-refractivity contribution in [3.05, 3.63) is 52.8 Å². The SMILES string of the molecule is COC[C@@H](C)n1c(C)cc(C(=O)COC(=O)[C@H](NS(=O)(=O)c2ccc(C)cc2)C(C)C)c1C. The second-order valence-corrected chi connectivity index (χ2v) is 10.4. The quantitative estimate of drug-likeness (QED) is 0.392. The van der Waals surface area contributed by atoms with Gasteiger partial charge in [-0.15, -0.1) is 0 Å². The van der Waals surface area contributed by atoms with Crippen molar-refractivity contribution in [2.75, 3.05) is 20.3 Å². The van der Waals surface area contributed by atoms with E-state index in [1.54, 1.807) is 39.2 Å². The van der Waals surface area contributed by atoms with E-state index in [-0.39, 0.29) is 22.6 Å². The number of Topliss-reactive ketones (excluding diaryl/α,β-unsaturated/α-hetero) is 1. The maximum atomic E-state index is 12.8. The first-order valence-electron chi connectivity index (χ1n) is 10.8. The highest BCUT2D eigenvalue weighted by molar-refractivity contribution is 7.89. The molecule has 1 aromatic heterocycles. The molecule has 0 radical (unpaired) electrons. The molecule has 2 aromatic rings. The normalized spacial score (nSPS) is 13.7. The van der Waals surface area contributed by atoms with Crippen LogP contribution in [0.2, 0.25) is 0 Å². The predicted octanol–water partition coefficient (Wildman–Crippen LogP) is 3.35. The molecule has 1 aromatic carbocycles. The minimum atomic E-state index is -3.93. The molecule has 0 bridgehead atoms. The molecule has 0 amide bonds. The summed E-state index contributed by atoms with van der Waals surface area (Å²) < 4.78 is 40.3. The van der Waals surface area contributed by atoms with Crippen molar-refractivity contribution in [1.82, 2.24) is 9.29 Å². The van der Waals surface area contributed by atoms with Gasteiger partial charge in [0.2, 0.25) is 15.8 Å². The zero-order valence-corrected chi connectivity index (χ0v) is 21.2. The molecule has 0 spiro atoms. The molecule has 8 nitrogen and oxygen atoms in total. The van der Waals surface area contributed by atoms with E-state index in [9.17, 15) is 18.0 Å². The van der Waals surface area contributed by atoms with Crippen LogP contribution in [-0.2, 0) is 24.3 Å². The fraction of sp³-hybridized carbons (Fsp3) is 0.500. The monoisotopic (exact) mass is 478 g/mol. The minimum Gasteiger partial charge on any atom is -0.456 e. The van der Waals surface area contributed by atoms with E-state index >= 15 is 0 Å². The van der Waals surface area contributed by atoms with Crippen molar-refractivity contribution in [3.63, 3.8) is 0 Å². The van der Waals surface area contributed by atoms with Gasteiger partial charge in [-0.3, -0.25) is 9.59 Å². The Morgan fingerprint density at radius 3 is 2.21 bits per heavy atom. The summed E-state index contributed by atoms with van der Waals surface area (Å²) in [6, 6.07) is 6.99. The van der Waals surface area contributed by atoms with Gasteiger partial charge in [-0.25, -0.2) is 8.42 Å². The number of nitrogens with one attached hydrogen (secondary N) is 1. The summed E-state index contributed by atoms with van der Waals surface area (Å²) in [5, 5.41) is 0. The molecule has 0 aliphatic rings. The van der Waals surface area contributed by atoms with Crippen LogP contribution >= 0.6 is 0 Å². The number of rotatable bonds is 11. The lowest BCUT2D eigenvalue weighted by Gasteiger charge is -2.21. The van der Waals surface area contributed by atoms with Crippen molar-refractivity contribution in [1.29, 1.82) is 0 Å². The van der Waals surface area contributed by atoms with Gasteiger partial charge in [0, 0.05) is 24.1 Å². The summed E-state index contributed by atoms with van der Waals surface area (Å²) in [7, 11) is -2.31. The number of hydrogen-bond acceptors (Lipinski definition) is 6. The molecule has 0 saturated heterocycles. The number of benzene rings is 1. The summed E-state index contributed by atoms with van der Waals surface area (Å²) in [5.74, 6) is -1.53. The van der Waals surface area contributed by atoms with E-state index < -0.39 is 28.6 Å². The lowest BCUT2D eigenvalue weighted by molar-refractivity contribution is -0.145. The van der Waals surface area contributed by atoms with E-state index in [0.29, 0.717) is 12.2 Å². The topological polar surface area (TPSA) is 104 Å². The Morgan fingerprint density at radius 2 is 1.67 bits per heavy atom. The molecule has 9 heteroatoms. The second kappa shape index (κ2) is 11.1. The van der Waals surface area contributed by atoms with Crippen LogP contribution in [0, 0.1) is 26.7 Å². The van der Waals surface area contributed by atoms with E-state index in [1.165, 1.54) is 12.1 Å². The number of ketones is 1. The second-order valence-electron chi connectivity index (χ2n) is 8.65. The number of methoxy groups -OCH3 is 1. The Balaban J connectivity index is 2.12. The standard InChI is InChI=1S/C24H34N2O6S/c1-15(2)23(25-33(29,30)20-10-8-16(3)9-11-20)24(28)32-14-22(27)21-12-17(4)26(19(21)6)18(5)13-31-7/h8-12,15,18,23,25H,13-14H2,1-7H3/t18-,23-/m1/s1. The molecule has 1 heterocycles. The Morgan fingerprint density at radius 1 is 1.06 bits per heavy atom. The van der Waals surface area contributed by atoms with Crippen molar-refractivity contribution in [2.45, 2.75) is 58.5 Å². The fourth-order valence-corrected chi connectivity index (χ4v) is 5.10. The Hall–Kier alpha value is -2.49. The Kier molecular flexibility index (Phi) is 8.99. The average molecular weight is 479 g/mol. The largest absolute Gasteiger partial charge is 0.456 e. The fourth-order valence-electron chi connectivity index (χ4n) is 3.77. The molecule has 2 atom stereocenters. The number of hydrogen-bond donors (Lipinski definition) is 1. The lowest BCUT2D eigenvalue weighted by Crippen LogP contribution is -2.45. The van der Waals surface area contributed by atoms with Gasteiger partial charge in [-0.05, 0) is 51.8 Å². The minimum absolute atomic E-state index is 0.0422. The van der Waals surface area contributed by atoms with Crippen molar-refractivity contribution < 1.29 is 27.5 Å². The first kappa shape index (κ1) is 26.8. The summed E-state index contributed by atoms with van der Waals surface area (Å²) >= 11 is 0. The maximum absolute atomic E-state index is 12.8. The van der Waals surface area contributed by atoms with Gasteiger partial charge >= 0.3 is 5.97 Å². The molecule has 1 N–H and O–H groups in total. The van der Waals surface area contributed by atoms with Gasteiger partial charge in [0.25, 0.3) is 0 Å². The number of carbonyl (C=O) groups is 2. The molecule has 0 saturated carbocycles. The van der Waals surface area contributed by atoms with Gasteiger partial charge < -0.3 is 14.0 Å². The number of aryl methyl sites for hydroxylation is 2. The summed E-state index contributed by atoms with van der Waals surface area (Å²) in [5.41, 5.74) is 3.05. The van der Waals surface area contributed by atoms with Crippen molar-refractivity contribution in [3.8, 4) is 0 Å². The van der Waals surface area contributed by atoms with Crippen LogP contribution in [0.25, 0.3) is 0 Å². The van der Waals surface area contributed by atoms with Crippen LogP contribution < -0.4 is 4.72 Å². The zero-order valence-electron chi connectivity index (χ0n) is 20.3. The van der Waals surface area contributed by atoms with Gasteiger partial charge in [-0.1, -0.05) is 31.5 Å². The molecule has 0 unspecified atom stereocenters. The lowest BCUT2D eigenvalue weighted by atomic mass is 10.1. The number of nitrogens with zero attached hydrogens (tertiary/aromatic N) is 1. The smallest absolute Gasteiger partial charge is 0.324 e. The van der Waals surface area contributed by atoms with Gasteiger partial charge in [0.05, 0.1) is 17.5 Å². The summed E-state index contributed by atoms with van der Waals surface area (Å²) in [6.07, 6.45) is 0. The molecular formula is C24H34N2O6S. The highest BCUT2D eigenvalue weighted by atomic mass is 32.2. The van der Waals surface area contributed by atoms with Gasteiger partial charge in [0.1, 0.15) is 6.04 Å². The molecule has 0 fully saturated rings. The maximum Gasteiger partial charge on any atom is 0.324 e. The predicted molar refractivity (Wildman–Crippen MR) is 126 cm³/mol. The van der Waals surface area contributed by atoms with E-state index in [2.05, 4.69) is 4.72 Å². The van der Waals surface area contributed by atoms with Gasteiger partial charge in [0.15, 0.2) is 6.61 Å². The first-order valence-corrected chi connectivity index (χ1v) is 12.3. The third-order valence-corrected chi connectivity index (χ3v) is 6.97. The molecule has 182 valence electrons. The highest BCUT2D eigenvalue weighted by Gasteiger charge is 2.30. The summed E-state index contributed by atoms with van der Waals surface area (Å²) in [4.78, 5) is 25.6. The number of carbonyl (C=O) groups excluding carboxylic acids is 2. The third-order valence-electron chi connectivity index (χ3n) is 5.51.